The Hall–Kier alpha value is -1.55. The summed E-state index contributed by atoms with van der Waals surface area (Å²) >= 11 is 0. The first-order valence-corrected chi connectivity index (χ1v) is 7.51. The molecule has 0 saturated heterocycles. The third kappa shape index (κ3) is 3.73. The van der Waals surface area contributed by atoms with Crippen molar-refractivity contribution in [3.05, 3.63) is 29.8 Å². The van der Waals surface area contributed by atoms with E-state index in [1.54, 1.807) is 0 Å². The van der Waals surface area contributed by atoms with Crippen molar-refractivity contribution in [1.29, 1.82) is 0 Å². The monoisotopic (exact) mass is 275 g/mol. The van der Waals surface area contributed by atoms with Gasteiger partial charge in [0.15, 0.2) is 0 Å². The molecule has 1 atom stereocenters. The van der Waals surface area contributed by atoms with Crippen molar-refractivity contribution in [3.8, 4) is 0 Å². The smallest absolute Gasteiger partial charge is 0.242 e. The number of carbonyl (C=O) groups excluding carboxylic acids is 1. The second kappa shape index (κ2) is 6.75. The maximum absolute atomic E-state index is 12.2. The molecule has 0 aliphatic heterocycles. The van der Waals surface area contributed by atoms with Crippen LogP contribution in [0.1, 0.15) is 38.7 Å². The van der Waals surface area contributed by atoms with Crippen LogP contribution in [0.4, 0.5) is 5.69 Å². The highest BCUT2D eigenvalue weighted by atomic mass is 16.2. The number of nitrogens with two attached hydrogens (primary N) is 1. The third-order valence-corrected chi connectivity index (χ3v) is 3.74. The van der Waals surface area contributed by atoms with Crippen molar-refractivity contribution in [2.75, 3.05) is 11.4 Å². The Balaban J connectivity index is 2.08. The van der Waals surface area contributed by atoms with Gasteiger partial charge in [-0.15, -0.1) is 0 Å². The average Bonchev–Trinajstić information content (AvgIpc) is 3.28. The van der Waals surface area contributed by atoms with Crippen LogP contribution in [-0.4, -0.2) is 24.5 Å². The molecular weight excluding hydrogens is 250 g/mol. The minimum atomic E-state index is -0.140. The Morgan fingerprint density at radius 3 is 2.55 bits per heavy atom. The van der Waals surface area contributed by atoms with Crippen LogP contribution >= 0.6 is 0 Å². The number of nitrogens with zero attached hydrogens (tertiary/aromatic N) is 1. The van der Waals surface area contributed by atoms with Crippen LogP contribution in [0.15, 0.2) is 24.3 Å². The van der Waals surface area contributed by atoms with E-state index in [4.69, 9.17) is 5.73 Å². The van der Waals surface area contributed by atoms with Crippen LogP contribution in [0, 0.1) is 0 Å². The number of hydrogen-bond donors (Lipinski definition) is 2. The molecule has 2 rings (SSSR count). The molecule has 0 bridgehead atoms. The zero-order valence-corrected chi connectivity index (χ0v) is 12.4. The van der Waals surface area contributed by atoms with Gasteiger partial charge in [0.25, 0.3) is 0 Å². The molecule has 0 heterocycles. The molecule has 0 radical (unpaired) electrons. The fraction of sp³-hybridized carbons (Fsp3) is 0.562. The van der Waals surface area contributed by atoms with Crippen molar-refractivity contribution in [1.82, 2.24) is 5.32 Å². The summed E-state index contributed by atoms with van der Waals surface area (Å²) in [6.07, 6.45) is 3.26. The third-order valence-electron chi connectivity index (χ3n) is 3.74. The van der Waals surface area contributed by atoms with Gasteiger partial charge >= 0.3 is 0 Å². The van der Waals surface area contributed by atoms with Gasteiger partial charge in [0.2, 0.25) is 5.91 Å². The second-order valence-electron chi connectivity index (χ2n) is 5.52. The minimum absolute atomic E-state index is 0.129. The van der Waals surface area contributed by atoms with Crippen LogP contribution in [-0.2, 0) is 11.3 Å². The van der Waals surface area contributed by atoms with E-state index in [1.807, 2.05) is 19.1 Å². The maximum Gasteiger partial charge on any atom is 0.242 e. The first kappa shape index (κ1) is 14.9. The van der Waals surface area contributed by atoms with E-state index >= 15 is 0 Å². The Kier molecular flexibility index (Phi) is 5.01. The number of anilines is 1. The molecule has 20 heavy (non-hydrogen) atoms. The zero-order chi connectivity index (χ0) is 14.5. The van der Waals surface area contributed by atoms with Gasteiger partial charge in [0, 0.05) is 24.8 Å². The Labute approximate surface area is 121 Å². The molecule has 4 nitrogen and oxygen atoms in total. The maximum atomic E-state index is 12.2. The van der Waals surface area contributed by atoms with Crippen LogP contribution in [0.5, 0.6) is 0 Å². The van der Waals surface area contributed by atoms with E-state index in [1.165, 1.54) is 0 Å². The van der Waals surface area contributed by atoms with Crippen molar-refractivity contribution < 1.29 is 4.79 Å². The molecule has 0 aromatic heterocycles. The predicted molar refractivity (Wildman–Crippen MR) is 82.6 cm³/mol. The molecule has 3 N–H and O–H groups in total. The molecule has 1 fully saturated rings. The molecular formula is C16H25N3O. The van der Waals surface area contributed by atoms with Crippen LogP contribution < -0.4 is 16.0 Å². The van der Waals surface area contributed by atoms with E-state index in [0.717, 1.165) is 37.1 Å². The lowest BCUT2D eigenvalue weighted by Gasteiger charge is -2.30. The van der Waals surface area contributed by atoms with E-state index < -0.39 is 0 Å². The first-order chi connectivity index (χ1) is 9.65. The summed E-state index contributed by atoms with van der Waals surface area (Å²) in [6.45, 7) is 5.53. The molecule has 1 aromatic rings. The van der Waals surface area contributed by atoms with Gasteiger partial charge in [-0.2, -0.15) is 0 Å². The number of amides is 1. The van der Waals surface area contributed by atoms with Crippen molar-refractivity contribution in [2.45, 2.75) is 51.7 Å². The predicted octanol–water partition coefficient (Wildman–Crippen LogP) is 2.03. The Morgan fingerprint density at radius 1 is 1.40 bits per heavy atom. The van der Waals surface area contributed by atoms with Crippen molar-refractivity contribution in [2.24, 2.45) is 5.73 Å². The normalized spacial score (nSPS) is 15.8. The number of benzene rings is 1. The second-order valence-corrected chi connectivity index (χ2v) is 5.52. The number of nitrogens with one attached hydrogen (secondary N) is 1. The lowest BCUT2D eigenvalue weighted by molar-refractivity contribution is -0.122. The van der Waals surface area contributed by atoms with Gasteiger partial charge in [-0.05, 0) is 43.9 Å². The largest absolute Gasteiger partial charge is 0.360 e. The summed E-state index contributed by atoms with van der Waals surface area (Å²) in [5, 5.41) is 3.08. The van der Waals surface area contributed by atoms with Crippen LogP contribution in [0.3, 0.4) is 0 Å². The SMILES string of the molecule is CCCN(c1ccc(CN)cc1)C(C)C(=O)NC1CC1. The lowest BCUT2D eigenvalue weighted by Crippen LogP contribution is -2.46. The van der Waals surface area contributed by atoms with E-state index in [9.17, 15) is 4.79 Å². The summed E-state index contributed by atoms with van der Waals surface area (Å²) in [6, 6.07) is 8.44. The van der Waals surface area contributed by atoms with Gasteiger partial charge in [0.1, 0.15) is 6.04 Å². The highest BCUT2D eigenvalue weighted by Gasteiger charge is 2.28. The van der Waals surface area contributed by atoms with Gasteiger partial charge in [-0.25, -0.2) is 0 Å². The zero-order valence-electron chi connectivity index (χ0n) is 12.4. The summed E-state index contributed by atoms with van der Waals surface area (Å²) in [5.41, 5.74) is 7.82. The number of hydrogen-bond acceptors (Lipinski definition) is 3. The molecule has 1 unspecified atom stereocenters. The molecule has 0 spiro atoms. The molecule has 1 aliphatic rings. The summed E-state index contributed by atoms with van der Waals surface area (Å²) < 4.78 is 0. The number of rotatable bonds is 7. The summed E-state index contributed by atoms with van der Waals surface area (Å²) in [4.78, 5) is 14.4. The van der Waals surface area contributed by atoms with Gasteiger partial charge in [0.05, 0.1) is 0 Å². The number of carbonyl (C=O) groups is 1. The van der Waals surface area contributed by atoms with Gasteiger partial charge in [-0.1, -0.05) is 19.1 Å². The molecule has 1 saturated carbocycles. The molecule has 1 aliphatic carbocycles. The summed E-state index contributed by atoms with van der Waals surface area (Å²) in [5.74, 6) is 0.129. The van der Waals surface area contributed by atoms with Gasteiger partial charge in [-0.3, -0.25) is 4.79 Å². The van der Waals surface area contributed by atoms with Crippen LogP contribution in [0.25, 0.3) is 0 Å². The average molecular weight is 275 g/mol. The minimum Gasteiger partial charge on any atom is -0.360 e. The van der Waals surface area contributed by atoms with Gasteiger partial charge < -0.3 is 16.0 Å². The van der Waals surface area contributed by atoms with E-state index in [0.29, 0.717) is 12.6 Å². The van der Waals surface area contributed by atoms with Crippen LogP contribution in [0.2, 0.25) is 0 Å². The van der Waals surface area contributed by atoms with E-state index in [2.05, 4.69) is 29.3 Å². The first-order valence-electron chi connectivity index (χ1n) is 7.51. The van der Waals surface area contributed by atoms with Crippen molar-refractivity contribution in [3.63, 3.8) is 0 Å². The van der Waals surface area contributed by atoms with E-state index in [-0.39, 0.29) is 11.9 Å². The fourth-order valence-corrected chi connectivity index (χ4v) is 2.30. The highest BCUT2D eigenvalue weighted by molar-refractivity contribution is 5.85. The van der Waals surface area contributed by atoms with Crippen molar-refractivity contribution >= 4 is 11.6 Å². The Bertz CT molecular complexity index is 440. The Morgan fingerprint density at radius 2 is 2.05 bits per heavy atom. The molecule has 4 heteroatoms. The molecule has 1 amide bonds. The lowest BCUT2D eigenvalue weighted by atomic mass is 10.1. The quantitative estimate of drug-likeness (QED) is 0.800. The fourth-order valence-electron chi connectivity index (χ4n) is 2.30. The molecule has 1 aromatic carbocycles. The topological polar surface area (TPSA) is 58.4 Å². The highest BCUT2D eigenvalue weighted by Crippen LogP contribution is 2.21. The standard InChI is InChI=1S/C16H25N3O/c1-3-10-19(12(2)16(20)18-14-6-7-14)15-8-4-13(11-17)5-9-15/h4-5,8-9,12,14H,3,6-7,10-11,17H2,1-2H3,(H,18,20). The molecule has 110 valence electrons. The summed E-state index contributed by atoms with van der Waals surface area (Å²) in [7, 11) is 0.